The Morgan fingerprint density at radius 3 is 1.86 bits per heavy atom. The lowest BCUT2D eigenvalue weighted by atomic mass is 9.45. The van der Waals surface area contributed by atoms with Crippen LogP contribution in [-0.2, 0) is 4.79 Å². The van der Waals surface area contributed by atoms with E-state index in [1.807, 2.05) is 0 Å². The molecule has 0 bridgehead atoms. The lowest BCUT2D eigenvalue weighted by molar-refractivity contribution is -0.125. The predicted molar refractivity (Wildman–Crippen MR) is 154 cm³/mol. The normalized spacial score (nSPS) is 28.4. The van der Waals surface area contributed by atoms with Crippen molar-refractivity contribution in [2.45, 2.75) is 115 Å². The number of rotatable bonds is 10. The first-order valence-corrected chi connectivity index (χ1v) is 13.8. The molecule has 0 saturated carbocycles. The molecule has 0 amide bonds. The highest BCUT2D eigenvalue weighted by atomic mass is 16.1. The number of hydrogen-bond donors (Lipinski definition) is 0. The van der Waals surface area contributed by atoms with Gasteiger partial charge in [0.1, 0.15) is 0 Å². The zero-order chi connectivity index (χ0) is 27.0. The summed E-state index contributed by atoms with van der Waals surface area (Å²) in [6.45, 7) is 33.8. The largest absolute Gasteiger partial charge is 0.294 e. The zero-order valence-electron chi connectivity index (χ0n) is 25.0. The van der Waals surface area contributed by atoms with Crippen molar-refractivity contribution in [2.75, 3.05) is 0 Å². The molecule has 2 aliphatic rings. The number of ketones is 1. The van der Waals surface area contributed by atoms with Gasteiger partial charge in [0.15, 0.2) is 5.78 Å². The molecule has 1 nitrogen and oxygen atoms in total. The molecule has 196 valence electrons. The monoisotopic (exact) mass is 478 g/mol. The van der Waals surface area contributed by atoms with Crippen molar-refractivity contribution in [3.63, 3.8) is 0 Å². The van der Waals surface area contributed by atoms with E-state index in [0.717, 1.165) is 44.1 Å². The molecule has 0 spiro atoms. The van der Waals surface area contributed by atoms with Gasteiger partial charge in [0.05, 0.1) is 0 Å². The number of allylic oxidation sites excluding steroid dienone is 8. The fraction of sp³-hybridized carbons (Fsp3) is 0.676. The van der Waals surface area contributed by atoms with Gasteiger partial charge in [0.25, 0.3) is 0 Å². The van der Waals surface area contributed by atoms with Crippen LogP contribution in [0.5, 0.6) is 0 Å². The third-order valence-corrected chi connectivity index (χ3v) is 10.7. The van der Waals surface area contributed by atoms with Crippen LogP contribution < -0.4 is 0 Å². The summed E-state index contributed by atoms with van der Waals surface area (Å²) in [5, 5.41) is 0. The lowest BCUT2D eigenvalue weighted by Crippen LogP contribution is -2.53. The Balaban J connectivity index is 2.57. The lowest BCUT2D eigenvalue weighted by Gasteiger charge is -2.58. The maximum atomic E-state index is 14.5. The molecule has 4 unspecified atom stereocenters. The fourth-order valence-corrected chi connectivity index (χ4v) is 7.88. The van der Waals surface area contributed by atoms with Gasteiger partial charge in [-0.05, 0) is 87.9 Å². The summed E-state index contributed by atoms with van der Waals surface area (Å²) >= 11 is 0. The third-order valence-electron chi connectivity index (χ3n) is 10.7. The van der Waals surface area contributed by atoms with Crippen LogP contribution >= 0.6 is 0 Å². The van der Waals surface area contributed by atoms with Crippen LogP contribution in [0.25, 0.3) is 0 Å². The Morgan fingerprint density at radius 1 is 0.886 bits per heavy atom. The molecule has 2 aliphatic carbocycles. The van der Waals surface area contributed by atoms with E-state index in [9.17, 15) is 4.79 Å². The molecular formula is C34H54O. The van der Waals surface area contributed by atoms with Gasteiger partial charge in [-0.15, -0.1) is 13.2 Å². The second-order valence-electron chi connectivity index (χ2n) is 13.7. The summed E-state index contributed by atoms with van der Waals surface area (Å²) in [5.74, 6) is 0.380. The average molecular weight is 479 g/mol. The average Bonchev–Trinajstić information content (AvgIpc) is 2.88. The van der Waals surface area contributed by atoms with Crippen molar-refractivity contribution in [3.8, 4) is 0 Å². The van der Waals surface area contributed by atoms with E-state index in [4.69, 9.17) is 0 Å². The Bertz CT molecular complexity index is 943. The number of carbonyl (C=O) groups excluding carboxylic acids is 1. The van der Waals surface area contributed by atoms with Gasteiger partial charge in [-0.3, -0.25) is 4.79 Å². The van der Waals surface area contributed by atoms with E-state index >= 15 is 0 Å². The first-order valence-electron chi connectivity index (χ1n) is 13.8. The molecule has 0 heterocycles. The highest BCUT2D eigenvalue weighted by Crippen LogP contribution is 2.74. The van der Waals surface area contributed by atoms with Gasteiger partial charge < -0.3 is 0 Å². The summed E-state index contributed by atoms with van der Waals surface area (Å²) in [5.41, 5.74) is 4.44. The summed E-state index contributed by atoms with van der Waals surface area (Å²) in [7, 11) is 0. The molecule has 0 aromatic rings. The molecule has 0 radical (unpaired) electrons. The van der Waals surface area contributed by atoms with Gasteiger partial charge >= 0.3 is 0 Å². The van der Waals surface area contributed by atoms with Gasteiger partial charge in [0, 0.05) is 16.9 Å². The second kappa shape index (κ2) is 10.0. The quantitative estimate of drug-likeness (QED) is 0.285. The summed E-state index contributed by atoms with van der Waals surface area (Å²) in [6, 6.07) is 0. The molecule has 0 fully saturated rings. The van der Waals surface area contributed by atoms with Crippen molar-refractivity contribution in [2.24, 2.45) is 33.0 Å². The van der Waals surface area contributed by atoms with Crippen molar-refractivity contribution in [1.82, 2.24) is 0 Å². The van der Waals surface area contributed by atoms with Crippen LogP contribution in [-0.4, -0.2) is 5.78 Å². The van der Waals surface area contributed by atoms with Crippen LogP contribution in [0.15, 0.2) is 59.8 Å². The first-order chi connectivity index (χ1) is 16.0. The van der Waals surface area contributed by atoms with Gasteiger partial charge in [-0.25, -0.2) is 0 Å². The van der Waals surface area contributed by atoms with Crippen LogP contribution in [0.1, 0.15) is 115 Å². The Morgan fingerprint density at radius 2 is 1.40 bits per heavy atom. The predicted octanol–water partition coefficient (Wildman–Crippen LogP) is 10.2. The summed E-state index contributed by atoms with van der Waals surface area (Å²) in [6.07, 6.45) is 14.9. The minimum Gasteiger partial charge on any atom is -0.294 e. The first kappa shape index (κ1) is 29.6. The molecule has 4 atom stereocenters. The number of hydrogen-bond acceptors (Lipinski definition) is 1. The SMILES string of the molecule is C=CC(C)(CCC=C(C)C)C1CCC2=C(C1=O)C(C)(C)C(C)(C(C)(C=C)CCC=C(C)C)C2(C)C. The Kier molecular flexibility index (Phi) is 8.48. The molecule has 35 heavy (non-hydrogen) atoms. The minimum atomic E-state index is -0.252. The van der Waals surface area contributed by atoms with E-state index in [1.165, 1.54) is 16.7 Å². The van der Waals surface area contributed by atoms with Crippen LogP contribution in [0, 0.1) is 33.0 Å². The van der Waals surface area contributed by atoms with E-state index in [2.05, 4.69) is 114 Å². The molecule has 0 aliphatic heterocycles. The van der Waals surface area contributed by atoms with E-state index in [0.29, 0.717) is 5.78 Å². The number of Topliss-reactive ketones (excluding diaryl/α,β-unsaturated/α-hetero) is 1. The Labute approximate surface area is 217 Å². The summed E-state index contributed by atoms with van der Waals surface area (Å²) in [4.78, 5) is 14.5. The van der Waals surface area contributed by atoms with Crippen molar-refractivity contribution < 1.29 is 4.79 Å². The standard InChI is InChI=1S/C34H54O/c1-14-32(11,22-16-18-24(3)4)27-21-20-26-28(29(27)35)31(9,10)34(13,30(26,7)8)33(12,15-2)23-17-19-25(5)6/h14-15,18-19,27H,1-2,16-17,20-23H2,3-13H3. The molecule has 0 N–H and O–H groups in total. The van der Waals surface area contributed by atoms with Gasteiger partial charge in [-0.2, -0.15) is 0 Å². The topological polar surface area (TPSA) is 17.1 Å². The van der Waals surface area contributed by atoms with Crippen molar-refractivity contribution in [1.29, 1.82) is 0 Å². The Hall–Kier alpha value is -1.63. The molecule has 0 aromatic heterocycles. The molecule has 2 rings (SSSR count). The molecular weight excluding hydrogens is 424 g/mol. The van der Waals surface area contributed by atoms with Crippen molar-refractivity contribution >= 4 is 5.78 Å². The maximum Gasteiger partial charge on any atom is 0.163 e. The van der Waals surface area contributed by atoms with Gasteiger partial charge in [0.2, 0.25) is 0 Å². The van der Waals surface area contributed by atoms with Crippen LogP contribution in [0.4, 0.5) is 0 Å². The highest BCUT2D eigenvalue weighted by molar-refractivity contribution is 6.02. The highest BCUT2D eigenvalue weighted by Gasteiger charge is 2.68. The van der Waals surface area contributed by atoms with Crippen molar-refractivity contribution in [3.05, 3.63) is 59.8 Å². The summed E-state index contributed by atoms with van der Waals surface area (Å²) < 4.78 is 0. The second-order valence-corrected chi connectivity index (χ2v) is 13.7. The maximum absolute atomic E-state index is 14.5. The van der Waals surface area contributed by atoms with E-state index in [-0.39, 0.29) is 33.0 Å². The van der Waals surface area contributed by atoms with Crippen LogP contribution in [0.2, 0.25) is 0 Å². The van der Waals surface area contributed by atoms with E-state index in [1.54, 1.807) is 0 Å². The fourth-order valence-electron chi connectivity index (χ4n) is 7.88. The minimum absolute atomic E-state index is 0.00222. The molecule has 0 aromatic carbocycles. The smallest absolute Gasteiger partial charge is 0.163 e. The van der Waals surface area contributed by atoms with E-state index < -0.39 is 0 Å². The van der Waals surface area contributed by atoms with Crippen LogP contribution in [0.3, 0.4) is 0 Å². The molecule has 0 saturated heterocycles. The van der Waals surface area contributed by atoms with Gasteiger partial charge in [-0.1, -0.05) is 89.5 Å². The third kappa shape index (κ3) is 4.62. The molecule has 1 heteroatoms. The number of carbonyl (C=O) groups is 1. The zero-order valence-corrected chi connectivity index (χ0v) is 25.0.